The molecule has 0 aliphatic rings. The van der Waals surface area contributed by atoms with Crippen molar-refractivity contribution in [2.45, 2.75) is 26.8 Å². The number of benzene rings is 1. The number of hydrogen-bond acceptors (Lipinski definition) is 2. The lowest BCUT2D eigenvalue weighted by atomic mass is 9.94. The van der Waals surface area contributed by atoms with Crippen molar-refractivity contribution in [3.05, 3.63) is 35.4 Å². The van der Waals surface area contributed by atoms with E-state index < -0.39 is 10.0 Å². The molecule has 16 heavy (non-hydrogen) atoms. The van der Waals surface area contributed by atoms with Crippen LogP contribution in [0.3, 0.4) is 0 Å². The van der Waals surface area contributed by atoms with Gasteiger partial charge in [-0.2, -0.15) is 0 Å². The first kappa shape index (κ1) is 13.2. The van der Waals surface area contributed by atoms with Gasteiger partial charge >= 0.3 is 0 Å². The Morgan fingerprint density at radius 2 is 1.75 bits per heavy atom. The van der Waals surface area contributed by atoms with Gasteiger partial charge in [-0.1, -0.05) is 38.1 Å². The van der Waals surface area contributed by atoms with E-state index in [4.69, 9.17) is 0 Å². The van der Waals surface area contributed by atoms with Crippen molar-refractivity contribution in [1.29, 1.82) is 0 Å². The third kappa shape index (κ3) is 3.61. The van der Waals surface area contributed by atoms with Gasteiger partial charge in [-0.15, -0.1) is 0 Å². The van der Waals surface area contributed by atoms with Gasteiger partial charge in [0.1, 0.15) is 0 Å². The lowest BCUT2D eigenvalue weighted by Gasteiger charge is -2.23. The highest BCUT2D eigenvalue weighted by atomic mass is 32.2. The zero-order valence-electron chi connectivity index (χ0n) is 10.2. The lowest BCUT2D eigenvalue weighted by molar-refractivity contribution is 0.463. The van der Waals surface area contributed by atoms with Gasteiger partial charge in [0.2, 0.25) is 10.0 Å². The molecule has 4 heteroatoms. The van der Waals surface area contributed by atoms with Crippen LogP contribution in [-0.2, 0) is 10.0 Å². The molecule has 0 aliphatic carbocycles. The Kier molecular flexibility index (Phi) is 4.10. The van der Waals surface area contributed by atoms with Gasteiger partial charge in [0.15, 0.2) is 0 Å². The van der Waals surface area contributed by atoms with Gasteiger partial charge in [-0.3, -0.25) is 0 Å². The topological polar surface area (TPSA) is 46.2 Å². The first-order chi connectivity index (χ1) is 7.31. The second-order valence-electron chi connectivity index (χ2n) is 4.47. The fraction of sp³-hybridized carbons (Fsp3) is 0.500. The number of aryl methyl sites for hydroxylation is 1. The summed E-state index contributed by atoms with van der Waals surface area (Å²) in [6, 6.07) is 7.70. The first-order valence-corrected chi connectivity index (χ1v) is 7.23. The summed E-state index contributed by atoms with van der Waals surface area (Å²) in [5.74, 6) is 0.218. The van der Waals surface area contributed by atoms with Gasteiger partial charge < -0.3 is 0 Å². The van der Waals surface area contributed by atoms with Crippen molar-refractivity contribution in [3.8, 4) is 0 Å². The number of nitrogens with one attached hydrogen (secondary N) is 1. The zero-order chi connectivity index (χ0) is 12.3. The van der Waals surface area contributed by atoms with E-state index in [1.54, 1.807) is 0 Å². The number of hydrogen-bond donors (Lipinski definition) is 1. The van der Waals surface area contributed by atoms with E-state index in [1.165, 1.54) is 6.26 Å². The molecule has 3 nitrogen and oxygen atoms in total. The van der Waals surface area contributed by atoms with Crippen LogP contribution < -0.4 is 4.72 Å². The highest BCUT2D eigenvalue weighted by Crippen LogP contribution is 2.24. The van der Waals surface area contributed by atoms with Crippen molar-refractivity contribution < 1.29 is 8.42 Å². The highest BCUT2D eigenvalue weighted by molar-refractivity contribution is 7.88. The number of sulfonamides is 1. The molecule has 1 atom stereocenters. The zero-order valence-corrected chi connectivity index (χ0v) is 11.0. The average Bonchev–Trinajstić information content (AvgIpc) is 2.13. The van der Waals surface area contributed by atoms with E-state index in [1.807, 2.05) is 45.0 Å². The SMILES string of the molecule is Cc1ccccc1[C@@H](NS(C)(=O)=O)C(C)C. The van der Waals surface area contributed by atoms with E-state index in [0.29, 0.717) is 0 Å². The monoisotopic (exact) mass is 241 g/mol. The van der Waals surface area contributed by atoms with E-state index >= 15 is 0 Å². The Labute approximate surface area is 97.9 Å². The second-order valence-corrected chi connectivity index (χ2v) is 6.25. The minimum atomic E-state index is -3.18. The molecule has 90 valence electrons. The molecule has 1 rings (SSSR count). The molecule has 0 radical (unpaired) electrons. The molecule has 0 fully saturated rings. The van der Waals surface area contributed by atoms with Crippen LogP contribution in [-0.4, -0.2) is 14.7 Å². The molecule has 0 aromatic heterocycles. The van der Waals surface area contributed by atoms with Gasteiger partial charge in [0.05, 0.1) is 6.26 Å². The van der Waals surface area contributed by atoms with E-state index in [2.05, 4.69) is 4.72 Å². The van der Waals surface area contributed by atoms with Gasteiger partial charge in [-0.25, -0.2) is 13.1 Å². The second kappa shape index (κ2) is 4.97. The molecule has 0 unspecified atom stereocenters. The maximum Gasteiger partial charge on any atom is 0.209 e. The average molecular weight is 241 g/mol. The van der Waals surface area contributed by atoms with E-state index in [-0.39, 0.29) is 12.0 Å². The summed E-state index contributed by atoms with van der Waals surface area (Å²) in [7, 11) is -3.18. The third-order valence-corrected chi connectivity index (χ3v) is 3.21. The van der Waals surface area contributed by atoms with Crippen molar-refractivity contribution in [1.82, 2.24) is 4.72 Å². The molecule has 0 bridgehead atoms. The smallest absolute Gasteiger partial charge is 0.209 e. The highest BCUT2D eigenvalue weighted by Gasteiger charge is 2.20. The normalized spacial score (nSPS) is 14.1. The lowest BCUT2D eigenvalue weighted by Crippen LogP contribution is -2.31. The maximum absolute atomic E-state index is 11.3. The summed E-state index contributed by atoms with van der Waals surface area (Å²) in [6.45, 7) is 6.01. The quantitative estimate of drug-likeness (QED) is 0.878. The molecule has 1 aromatic rings. The van der Waals surface area contributed by atoms with Crippen molar-refractivity contribution in [2.75, 3.05) is 6.26 Å². The van der Waals surface area contributed by atoms with Gasteiger partial charge in [0.25, 0.3) is 0 Å². The van der Waals surface area contributed by atoms with Crippen LogP contribution in [0.25, 0.3) is 0 Å². The molecule has 0 saturated carbocycles. The Hall–Kier alpha value is -0.870. The van der Waals surface area contributed by atoms with Crippen molar-refractivity contribution in [3.63, 3.8) is 0 Å². The minimum absolute atomic E-state index is 0.156. The van der Waals surface area contributed by atoms with Crippen LogP contribution in [0.15, 0.2) is 24.3 Å². The summed E-state index contributed by atoms with van der Waals surface area (Å²) in [4.78, 5) is 0. The fourth-order valence-corrected chi connectivity index (χ4v) is 2.59. The largest absolute Gasteiger partial charge is 0.213 e. The molecule has 1 aromatic carbocycles. The van der Waals surface area contributed by atoms with Crippen LogP contribution in [0.4, 0.5) is 0 Å². The molecule has 0 amide bonds. The van der Waals surface area contributed by atoms with Crippen LogP contribution >= 0.6 is 0 Å². The van der Waals surface area contributed by atoms with Crippen molar-refractivity contribution >= 4 is 10.0 Å². The predicted octanol–water partition coefficient (Wildman–Crippen LogP) is 2.24. The third-order valence-electron chi connectivity index (χ3n) is 2.53. The molecule has 0 aliphatic heterocycles. The van der Waals surface area contributed by atoms with Crippen LogP contribution in [0.5, 0.6) is 0 Å². The summed E-state index contributed by atoms with van der Waals surface area (Å²) in [5.41, 5.74) is 2.15. The molecule has 0 spiro atoms. The fourth-order valence-electron chi connectivity index (χ4n) is 1.73. The Morgan fingerprint density at radius 1 is 1.19 bits per heavy atom. The number of rotatable bonds is 4. The molecule has 1 N–H and O–H groups in total. The molecular weight excluding hydrogens is 222 g/mol. The van der Waals surface area contributed by atoms with Crippen molar-refractivity contribution in [2.24, 2.45) is 5.92 Å². The predicted molar refractivity (Wildman–Crippen MR) is 66.7 cm³/mol. The van der Waals surface area contributed by atoms with Gasteiger partial charge in [0, 0.05) is 6.04 Å². The molecule has 0 heterocycles. The first-order valence-electron chi connectivity index (χ1n) is 5.34. The maximum atomic E-state index is 11.3. The summed E-state index contributed by atoms with van der Waals surface area (Å²) >= 11 is 0. The van der Waals surface area contributed by atoms with Gasteiger partial charge in [-0.05, 0) is 24.0 Å². The Balaban J connectivity index is 3.09. The van der Waals surface area contributed by atoms with Crippen LogP contribution in [0.1, 0.15) is 31.0 Å². The summed E-state index contributed by atoms with van der Waals surface area (Å²) in [6.07, 6.45) is 1.20. The molecular formula is C12H19NO2S. The summed E-state index contributed by atoms with van der Waals surface area (Å²) in [5, 5.41) is 0. The Bertz CT molecular complexity index is 452. The summed E-state index contributed by atoms with van der Waals surface area (Å²) < 4.78 is 25.3. The minimum Gasteiger partial charge on any atom is -0.213 e. The Morgan fingerprint density at radius 3 is 2.19 bits per heavy atom. The van der Waals surface area contributed by atoms with Crippen LogP contribution in [0, 0.1) is 12.8 Å². The van der Waals surface area contributed by atoms with E-state index in [9.17, 15) is 8.42 Å². The van der Waals surface area contributed by atoms with E-state index in [0.717, 1.165) is 11.1 Å². The van der Waals surface area contributed by atoms with Crippen LogP contribution in [0.2, 0.25) is 0 Å². The molecule has 0 saturated heterocycles. The standard InChI is InChI=1S/C12H19NO2S/c1-9(2)12(13-16(4,14)15)11-8-6-5-7-10(11)3/h5-9,12-13H,1-4H3/t12-/m0/s1.